The lowest BCUT2D eigenvalue weighted by Gasteiger charge is -1.95. The van der Waals surface area contributed by atoms with Crippen molar-refractivity contribution in [1.82, 2.24) is 0 Å². The van der Waals surface area contributed by atoms with Crippen molar-refractivity contribution in [1.29, 1.82) is 0 Å². The van der Waals surface area contributed by atoms with Gasteiger partial charge in [0.15, 0.2) is 0 Å². The number of aliphatic carboxylic acids is 1. The maximum absolute atomic E-state index is 9.40. The van der Waals surface area contributed by atoms with E-state index in [0.29, 0.717) is 0 Å². The van der Waals surface area contributed by atoms with E-state index in [1.807, 2.05) is 0 Å². The van der Waals surface area contributed by atoms with Crippen LogP contribution in [0.2, 0.25) is 0 Å². The summed E-state index contributed by atoms with van der Waals surface area (Å²) in [7, 11) is 0. The highest BCUT2D eigenvalue weighted by molar-refractivity contribution is 5.70. The maximum Gasteiger partial charge on any atom is 0.363 e. The number of carboxylic acid groups (broad SMARTS) is 1. The molecule has 0 heterocycles. The van der Waals surface area contributed by atoms with Gasteiger partial charge in [0, 0.05) is 0 Å². The number of hydrogen-bond acceptors (Lipinski definition) is 4. The van der Waals surface area contributed by atoms with Gasteiger partial charge in [-0.25, -0.2) is 10.1 Å². The second-order valence-corrected chi connectivity index (χ2v) is 0.796. The molecule has 5 heteroatoms. The molecule has 0 saturated heterocycles. The molecule has 0 aliphatic carbocycles. The summed E-state index contributed by atoms with van der Waals surface area (Å²) in [5.41, 5.74) is 0. The largest absolute Gasteiger partial charge is 0.477 e. The van der Waals surface area contributed by atoms with Crippen LogP contribution < -0.4 is 0 Å². The minimum absolute atomic E-state index is 1.62. The van der Waals surface area contributed by atoms with Crippen LogP contribution in [0.4, 0.5) is 0 Å². The number of rotatable bonds is 2. The minimum atomic E-state index is -2.12. The molecule has 0 aromatic rings. The number of aliphatic hydroxyl groups excluding tert-OH is 1. The van der Waals surface area contributed by atoms with Crippen molar-refractivity contribution >= 4 is 5.97 Å². The Morgan fingerprint density at radius 1 is 1.71 bits per heavy atom. The van der Waals surface area contributed by atoms with E-state index in [0.717, 1.165) is 0 Å². The zero-order valence-electron chi connectivity index (χ0n) is 3.24. The van der Waals surface area contributed by atoms with Gasteiger partial charge in [0.2, 0.25) is 0 Å². The third-order valence-corrected chi connectivity index (χ3v) is 0.311. The van der Waals surface area contributed by atoms with E-state index in [4.69, 9.17) is 15.5 Å². The molecule has 42 valence electrons. The van der Waals surface area contributed by atoms with Gasteiger partial charge in [-0.05, 0) is 0 Å². The van der Waals surface area contributed by atoms with E-state index in [1.54, 1.807) is 0 Å². The molecule has 0 fully saturated rings. The van der Waals surface area contributed by atoms with Crippen LogP contribution in [-0.4, -0.2) is 27.7 Å². The molecule has 0 spiro atoms. The van der Waals surface area contributed by atoms with Crippen LogP contribution >= 0.6 is 0 Å². The Hall–Kier alpha value is -0.650. The zero-order valence-corrected chi connectivity index (χ0v) is 3.24. The van der Waals surface area contributed by atoms with Crippen LogP contribution in [0, 0.1) is 0 Å². The van der Waals surface area contributed by atoms with Gasteiger partial charge in [-0.1, -0.05) is 0 Å². The molecule has 0 amide bonds. The normalized spacial score (nSPS) is 13.4. The van der Waals surface area contributed by atoms with Crippen molar-refractivity contribution in [2.24, 2.45) is 0 Å². The fourth-order valence-electron chi connectivity index (χ4n) is 0.0451. The van der Waals surface area contributed by atoms with Gasteiger partial charge in [0.25, 0.3) is 6.29 Å². The van der Waals surface area contributed by atoms with Crippen LogP contribution in [0.3, 0.4) is 0 Å². The van der Waals surface area contributed by atoms with Crippen molar-refractivity contribution in [3.05, 3.63) is 0 Å². The number of carbonyl (C=O) groups is 1. The number of hydrogen-bond donors (Lipinski definition) is 3. The smallest absolute Gasteiger partial charge is 0.363 e. The second kappa shape index (κ2) is 2.51. The standard InChI is InChI=1S/C2H4O5/c3-1(4)2(5)7-6/h2,5-6H,(H,3,4). The summed E-state index contributed by atoms with van der Waals surface area (Å²) < 4.78 is 0. The first kappa shape index (κ1) is 6.35. The van der Waals surface area contributed by atoms with Gasteiger partial charge < -0.3 is 10.2 Å². The lowest BCUT2D eigenvalue weighted by molar-refractivity contribution is -0.326. The van der Waals surface area contributed by atoms with Crippen LogP contribution in [0.1, 0.15) is 0 Å². The first-order valence-corrected chi connectivity index (χ1v) is 1.39. The topological polar surface area (TPSA) is 87.0 Å². The molecule has 0 bridgehead atoms. The molecular formula is C2H4O5. The molecule has 1 unspecified atom stereocenters. The highest BCUT2D eigenvalue weighted by Gasteiger charge is 2.11. The van der Waals surface area contributed by atoms with Crippen molar-refractivity contribution in [2.75, 3.05) is 0 Å². The Kier molecular flexibility index (Phi) is 2.28. The first-order valence-electron chi connectivity index (χ1n) is 1.39. The van der Waals surface area contributed by atoms with Gasteiger partial charge in [0.05, 0.1) is 0 Å². The van der Waals surface area contributed by atoms with Crippen molar-refractivity contribution < 1.29 is 25.2 Å². The van der Waals surface area contributed by atoms with E-state index < -0.39 is 12.3 Å². The van der Waals surface area contributed by atoms with E-state index in [1.165, 1.54) is 0 Å². The average Bonchev–Trinajstić information content (AvgIpc) is 1.65. The van der Waals surface area contributed by atoms with E-state index in [-0.39, 0.29) is 0 Å². The van der Waals surface area contributed by atoms with Crippen molar-refractivity contribution in [2.45, 2.75) is 6.29 Å². The quantitative estimate of drug-likeness (QED) is 0.237. The molecule has 7 heavy (non-hydrogen) atoms. The fraction of sp³-hybridized carbons (Fsp3) is 0.500. The number of aliphatic hydroxyl groups is 1. The van der Waals surface area contributed by atoms with Gasteiger partial charge in [-0.3, -0.25) is 0 Å². The van der Waals surface area contributed by atoms with Crippen molar-refractivity contribution in [3.63, 3.8) is 0 Å². The summed E-state index contributed by atoms with van der Waals surface area (Å²) in [5, 5.41) is 22.9. The monoisotopic (exact) mass is 108 g/mol. The lowest BCUT2D eigenvalue weighted by atomic mass is 10.7. The molecule has 0 aromatic heterocycles. The van der Waals surface area contributed by atoms with E-state index >= 15 is 0 Å². The van der Waals surface area contributed by atoms with Crippen LogP contribution in [0.25, 0.3) is 0 Å². The highest BCUT2D eigenvalue weighted by atomic mass is 17.1. The predicted molar refractivity (Wildman–Crippen MR) is 17.4 cm³/mol. The van der Waals surface area contributed by atoms with E-state index in [2.05, 4.69) is 4.89 Å². The molecule has 0 aliphatic rings. The Labute approximate surface area is 38.7 Å². The predicted octanol–water partition coefficient (Wildman–Crippen LogP) is -1.12. The molecule has 3 N–H and O–H groups in total. The zero-order chi connectivity index (χ0) is 5.86. The average molecular weight is 108 g/mol. The summed E-state index contributed by atoms with van der Waals surface area (Å²) in [6, 6.07) is 0. The van der Waals surface area contributed by atoms with Crippen LogP contribution in [0.15, 0.2) is 0 Å². The summed E-state index contributed by atoms with van der Waals surface area (Å²) >= 11 is 0. The molecule has 0 radical (unpaired) electrons. The Balaban J connectivity index is 3.34. The highest BCUT2D eigenvalue weighted by Crippen LogP contribution is 1.78. The molecular weight excluding hydrogens is 104 g/mol. The third-order valence-electron chi connectivity index (χ3n) is 0.311. The Bertz CT molecular complexity index is 68.5. The SMILES string of the molecule is O=C(O)C(O)OO. The van der Waals surface area contributed by atoms with Gasteiger partial charge >= 0.3 is 5.97 Å². The Morgan fingerprint density at radius 2 is 2.14 bits per heavy atom. The minimum Gasteiger partial charge on any atom is -0.477 e. The molecule has 1 atom stereocenters. The fourth-order valence-corrected chi connectivity index (χ4v) is 0.0451. The Morgan fingerprint density at radius 3 is 2.14 bits per heavy atom. The van der Waals surface area contributed by atoms with E-state index in [9.17, 15) is 4.79 Å². The molecule has 0 rings (SSSR count). The maximum atomic E-state index is 9.40. The molecule has 0 aliphatic heterocycles. The van der Waals surface area contributed by atoms with Gasteiger partial charge in [0.1, 0.15) is 0 Å². The summed E-state index contributed by atoms with van der Waals surface area (Å²) in [4.78, 5) is 12.4. The van der Waals surface area contributed by atoms with Crippen LogP contribution in [-0.2, 0) is 9.68 Å². The van der Waals surface area contributed by atoms with Crippen molar-refractivity contribution in [3.8, 4) is 0 Å². The molecule has 5 nitrogen and oxygen atoms in total. The second-order valence-electron chi connectivity index (χ2n) is 0.796. The number of carboxylic acids is 1. The molecule has 0 saturated carbocycles. The summed E-state index contributed by atoms with van der Waals surface area (Å²) in [6.45, 7) is 0. The lowest BCUT2D eigenvalue weighted by Crippen LogP contribution is -2.20. The summed E-state index contributed by atoms with van der Waals surface area (Å²) in [5.74, 6) is -1.62. The van der Waals surface area contributed by atoms with Crippen LogP contribution in [0.5, 0.6) is 0 Å². The summed E-state index contributed by atoms with van der Waals surface area (Å²) in [6.07, 6.45) is -2.12. The van der Waals surface area contributed by atoms with Gasteiger partial charge in [-0.2, -0.15) is 4.89 Å². The third kappa shape index (κ3) is 2.10. The van der Waals surface area contributed by atoms with Gasteiger partial charge in [-0.15, -0.1) is 0 Å². The first-order chi connectivity index (χ1) is 3.18. The molecule has 0 aromatic carbocycles.